The Labute approximate surface area is 169 Å². The van der Waals surface area contributed by atoms with Gasteiger partial charge in [0.25, 0.3) is 5.88 Å². The maximum absolute atomic E-state index is 5.87. The molecule has 0 saturated heterocycles. The lowest BCUT2D eigenvalue weighted by molar-refractivity contribution is 0.550. The number of rotatable bonds is 7. The highest BCUT2D eigenvalue weighted by atomic mass is 16.4. The van der Waals surface area contributed by atoms with Crippen LogP contribution in [0.5, 0.6) is 0 Å². The van der Waals surface area contributed by atoms with Crippen LogP contribution in [0.1, 0.15) is 44.0 Å². The van der Waals surface area contributed by atoms with Gasteiger partial charge in [-0.2, -0.15) is 0 Å². The Morgan fingerprint density at radius 1 is 0.966 bits per heavy atom. The number of hydrogen-bond donors (Lipinski definition) is 1. The summed E-state index contributed by atoms with van der Waals surface area (Å²) >= 11 is 0. The van der Waals surface area contributed by atoms with Crippen LogP contribution in [0.2, 0.25) is 0 Å². The Kier molecular flexibility index (Phi) is 5.65. The van der Waals surface area contributed by atoms with Crippen molar-refractivity contribution in [2.75, 3.05) is 5.43 Å². The molecule has 0 bridgehead atoms. The molecule has 148 valence electrons. The number of allylic oxidation sites excluding steroid dienone is 4. The molecule has 0 amide bonds. The predicted octanol–water partition coefficient (Wildman–Crippen LogP) is 6.30. The summed E-state index contributed by atoms with van der Waals surface area (Å²) in [6.07, 6.45) is 9.74. The van der Waals surface area contributed by atoms with E-state index in [2.05, 4.69) is 37.9 Å². The SMILES string of the molecule is CCc1nc(-c2ccccc2)oc1N=NNc1oc(C2=CCCC=C2)nc1CC. The highest BCUT2D eigenvalue weighted by Gasteiger charge is 2.16. The van der Waals surface area contributed by atoms with Crippen LogP contribution in [-0.4, -0.2) is 9.97 Å². The van der Waals surface area contributed by atoms with Gasteiger partial charge >= 0.3 is 0 Å². The molecule has 2 heterocycles. The van der Waals surface area contributed by atoms with Gasteiger partial charge in [0, 0.05) is 11.1 Å². The van der Waals surface area contributed by atoms with Gasteiger partial charge in [-0.1, -0.05) is 60.6 Å². The van der Waals surface area contributed by atoms with Gasteiger partial charge in [-0.3, -0.25) is 0 Å². The highest BCUT2D eigenvalue weighted by molar-refractivity contribution is 5.70. The van der Waals surface area contributed by atoms with Crippen LogP contribution in [0, 0.1) is 0 Å². The van der Waals surface area contributed by atoms with E-state index < -0.39 is 0 Å². The fourth-order valence-corrected chi connectivity index (χ4v) is 3.05. The molecule has 1 aromatic carbocycles. The first kappa shape index (κ1) is 18.9. The van der Waals surface area contributed by atoms with Gasteiger partial charge < -0.3 is 8.83 Å². The second kappa shape index (κ2) is 8.68. The zero-order valence-electron chi connectivity index (χ0n) is 16.6. The molecule has 0 spiro atoms. The molecule has 2 aromatic heterocycles. The van der Waals surface area contributed by atoms with Gasteiger partial charge in [0.1, 0.15) is 11.4 Å². The first-order valence-electron chi connectivity index (χ1n) is 9.87. The maximum atomic E-state index is 5.87. The van der Waals surface area contributed by atoms with Crippen LogP contribution in [-0.2, 0) is 12.8 Å². The van der Waals surface area contributed by atoms with Crippen molar-refractivity contribution in [3.05, 3.63) is 65.8 Å². The third kappa shape index (κ3) is 4.18. The molecule has 0 radical (unpaired) electrons. The lowest BCUT2D eigenvalue weighted by atomic mass is 10.1. The number of aromatic nitrogens is 2. The topological polar surface area (TPSA) is 88.8 Å². The minimum absolute atomic E-state index is 0.384. The van der Waals surface area contributed by atoms with Crippen molar-refractivity contribution in [3.8, 4) is 11.5 Å². The summed E-state index contributed by atoms with van der Waals surface area (Å²) < 4.78 is 11.7. The summed E-state index contributed by atoms with van der Waals surface area (Å²) in [5.74, 6) is 2.00. The first-order chi connectivity index (χ1) is 14.3. The number of nitrogens with zero attached hydrogens (tertiary/aromatic N) is 4. The number of hydrogen-bond acceptors (Lipinski definition) is 6. The second-order valence-corrected chi connectivity index (χ2v) is 6.59. The Morgan fingerprint density at radius 2 is 1.76 bits per heavy atom. The van der Waals surface area contributed by atoms with Gasteiger partial charge in [0.2, 0.25) is 17.7 Å². The molecule has 3 aromatic rings. The maximum Gasteiger partial charge on any atom is 0.264 e. The first-order valence-corrected chi connectivity index (χ1v) is 9.87. The van der Waals surface area contributed by atoms with Crippen molar-refractivity contribution in [2.45, 2.75) is 39.5 Å². The van der Waals surface area contributed by atoms with Crippen molar-refractivity contribution < 1.29 is 8.83 Å². The van der Waals surface area contributed by atoms with E-state index in [4.69, 9.17) is 8.83 Å². The summed E-state index contributed by atoms with van der Waals surface area (Å²) in [4.78, 5) is 9.09. The molecule has 7 nitrogen and oxygen atoms in total. The molecule has 0 atom stereocenters. The molecule has 0 fully saturated rings. The molecule has 1 aliphatic rings. The van der Waals surface area contributed by atoms with E-state index in [1.807, 2.05) is 50.3 Å². The third-order valence-corrected chi connectivity index (χ3v) is 4.60. The van der Waals surface area contributed by atoms with Crippen LogP contribution in [0.25, 0.3) is 17.0 Å². The van der Waals surface area contributed by atoms with Gasteiger partial charge in [-0.05, 0) is 37.8 Å². The highest BCUT2D eigenvalue weighted by Crippen LogP contribution is 2.29. The van der Waals surface area contributed by atoms with Crippen LogP contribution >= 0.6 is 0 Å². The number of benzene rings is 1. The third-order valence-electron chi connectivity index (χ3n) is 4.60. The largest absolute Gasteiger partial charge is 0.419 e. The molecule has 0 saturated carbocycles. The molecule has 29 heavy (non-hydrogen) atoms. The zero-order valence-corrected chi connectivity index (χ0v) is 16.6. The Balaban J connectivity index is 1.53. The van der Waals surface area contributed by atoms with Crippen LogP contribution in [0.4, 0.5) is 11.8 Å². The van der Waals surface area contributed by atoms with Crippen molar-refractivity contribution in [1.29, 1.82) is 0 Å². The van der Waals surface area contributed by atoms with Crippen molar-refractivity contribution in [3.63, 3.8) is 0 Å². The Hall–Kier alpha value is -3.48. The Bertz CT molecular complexity index is 1060. The Morgan fingerprint density at radius 3 is 2.48 bits per heavy atom. The molecule has 7 heteroatoms. The molecular weight excluding hydrogens is 366 g/mol. The van der Waals surface area contributed by atoms with Crippen molar-refractivity contribution in [1.82, 2.24) is 9.97 Å². The summed E-state index contributed by atoms with van der Waals surface area (Å²) in [5, 5.41) is 8.25. The van der Waals surface area contributed by atoms with Gasteiger partial charge in [0.05, 0.1) is 0 Å². The summed E-state index contributed by atoms with van der Waals surface area (Å²) in [6.45, 7) is 4.02. The summed E-state index contributed by atoms with van der Waals surface area (Å²) in [5.41, 5.74) is 6.31. The monoisotopic (exact) mass is 389 g/mol. The van der Waals surface area contributed by atoms with E-state index in [1.54, 1.807) is 0 Å². The van der Waals surface area contributed by atoms with Gasteiger partial charge in [-0.15, -0.1) is 0 Å². The molecule has 4 rings (SSSR count). The summed E-state index contributed by atoms with van der Waals surface area (Å²) in [7, 11) is 0. The van der Waals surface area contributed by atoms with E-state index >= 15 is 0 Å². The van der Waals surface area contributed by atoms with E-state index in [-0.39, 0.29) is 0 Å². The molecule has 1 N–H and O–H groups in total. The quantitative estimate of drug-likeness (QED) is 0.378. The average Bonchev–Trinajstić information content (AvgIpc) is 3.39. The lowest BCUT2D eigenvalue weighted by Crippen LogP contribution is -1.90. The van der Waals surface area contributed by atoms with E-state index in [9.17, 15) is 0 Å². The van der Waals surface area contributed by atoms with E-state index in [0.717, 1.165) is 41.8 Å². The molecule has 0 unspecified atom stereocenters. The van der Waals surface area contributed by atoms with Crippen LogP contribution < -0.4 is 5.43 Å². The average molecular weight is 389 g/mol. The fraction of sp³-hybridized carbons (Fsp3) is 0.273. The van der Waals surface area contributed by atoms with Crippen LogP contribution in [0.15, 0.2) is 67.7 Å². The molecular formula is C22H23N5O2. The molecule has 1 aliphatic carbocycles. The minimum Gasteiger partial charge on any atom is -0.419 e. The summed E-state index contributed by atoms with van der Waals surface area (Å²) in [6, 6.07) is 9.73. The van der Waals surface area contributed by atoms with Gasteiger partial charge in [0.15, 0.2) is 0 Å². The fourth-order valence-electron chi connectivity index (χ4n) is 3.05. The normalized spacial score (nSPS) is 13.8. The standard InChI is InChI=1S/C22H23N5O2/c1-3-17-21(28-19(23-17)15-11-7-5-8-12-15)25-27-26-22-18(4-2)24-20(29-22)16-13-9-6-10-14-16/h5,7-9,11-14H,3-4,6,10H2,1-2H3,(H,25,26). The molecule has 0 aliphatic heterocycles. The van der Waals surface area contributed by atoms with Crippen molar-refractivity contribution in [2.24, 2.45) is 10.3 Å². The van der Waals surface area contributed by atoms with Crippen molar-refractivity contribution >= 4 is 17.3 Å². The minimum atomic E-state index is 0.384. The number of anilines is 1. The number of nitrogens with one attached hydrogen (secondary N) is 1. The lowest BCUT2D eigenvalue weighted by Gasteiger charge is -2.01. The number of oxazole rings is 2. The van der Waals surface area contributed by atoms with Gasteiger partial charge in [-0.25, -0.2) is 15.4 Å². The van der Waals surface area contributed by atoms with Crippen LogP contribution in [0.3, 0.4) is 0 Å². The smallest absolute Gasteiger partial charge is 0.264 e. The predicted molar refractivity (Wildman–Crippen MR) is 112 cm³/mol. The number of aryl methyl sites for hydroxylation is 2. The van der Waals surface area contributed by atoms with E-state index in [1.165, 1.54) is 0 Å². The second-order valence-electron chi connectivity index (χ2n) is 6.59. The van der Waals surface area contributed by atoms with E-state index in [0.29, 0.717) is 30.0 Å². The zero-order chi connectivity index (χ0) is 20.1.